The van der Waals surface area contributed by atoms with Crippen LogP contribution >= 0.6 is 11.6 Å². The molecule has 0 bridgehead atoms. The normalized spacial score (nSPS) is 17.3. The molecule has 8 nitrogen and oxygen atoms in total. The van der Waals surface area contributed by atoms with E-state index in [1.165, 1.54) is 19.1 Å². The molecule has 0 aliphatic carbocycles. The highest BCUT2D eigenvalue weighted by Gasteiger charge is 2.46. The van der Waals surface area contributed by atoms with Crippen LogP contribution in [0.2, 0.25) is 5.02 Å². The quantitative estimate of drug-likeness (QED) is 0.296. The minimum atomic E-state index is -0.793. The molecule has 1 aliphatic rings. The van der Waals surface area contributed by atoms with Crippen LogP contribution in [-0.4, -0.2) is 52.0 Å². The van der Waals surface area contributed by atoms with Gasteiger partial charge in [-0.3, -0.25) is 9.59 Å². The summed E-state index contributed by atoms with van der Waals surface area (Å²) in [4.78, 5) is 31.8. The number of likely N-dealkylation sites (tertiary alicyclic amines) is 1. The molecule has 0 radical (unpaired) electrons. The number of benzene rings is 2. The summed E-state index contributed by atoms with van der Waals surface area (Å²) in [7, 11) is 3.04. The van der Waals surface area contributed by atoms with Gasteiger partial charge in [0, 0.05) is 36.1 Å². The second-order valence-corrected chi connectivity index (χ2v) is 8.20. The molecule has 0 saturated carbocycles. The average Bonchev–Trinajstić information content (AvgIpc) is 3.46. The molecule has 0 unspecified atom stereocenters. The van der Waals surface area contributed by atoms with Gasteiger partial charge in [0.05, 0.1) is 32.2 Å². The third-order valence-electron chi connectivity index (χ3n) is 5.76. The summed E-state index contributed by atoms with van der Waals surface area (Å²) in [6.07, 6.45) is 5.80. The van der Waals surface area contributed by atoms with E-state index >= 15 is 0 Å². The standard InChI is InChI=1S/C25H24ClN3O5/c1-33-19-9-6-17(14-20(19)34-2)22-21(23(30)16-4-7-18(26)8-5-16)24(31)25(32)29(22)12-3-11-28-13-10-27-15-28/h4-10,13-15,22,30H,3,11-12H2,1-2H3/t22-/m1/s1. The number of Topliss-reactive ketones (excluding diaryl/α,β-unsaturated/α-hetero) is 1. The Morgan fingerprint density at radius 3 is 2.44 bits per heavy atom. The van der Waals surface area contributed by atoms with Gasteiger partial charge in [-0.15, -0.1) is 0 Å². The Morgan fingerprint density at radius 2 is 1.79 bits per heavy atom. The summed E-state index contributed by atoms with van der Waals surface area (Å²) >= 11 is 5.98. The number of aliphatic hydroxyl groups excluding tert-OH is 1. The molecule has 1 fully saturated rings. The van der Waals surface area contributed by atoms with Gasteiger partial charge in [0.2, 0.25) is 0 Å². The van der Waals surface area contributed by atoms with Crippen molar-refractivity contribution in [2.24, 2.45) is 0 Å². The number of aromatic nitrogens is 2. The molecule has 176 valence electrons. The maximum atomic E-state index is 13.1. The van der Waals surface area contributed by atoms with Crippen molar-refractivity contribution < 1.29 is 24.2 Å². The molecule has 4 rings (SSSR count). The number of carbonyl (C=O) groups is 2. The Labute approximate surface area is 202 Å². The number of ether oxygens (including phenoxy) is 2. The highest BCUT2D eigenvalue weighted by molar-refractivity contribution is 6.46. The maximum absolute atomic E-state index is 13.1. The number of methoxy groups -OCH3 is 2. The number of carbonyl (C=O) groups excluding carboxylic acids is 2. The van der Waals surface area contributed by atoms with Crippen molar-refractivity contribution >= 4 is 29.1 Å². The van der Waals surface area contributed by atoms with E-state index < -0.39 is 17.7 Å². The number of halogens is 1. The number of hydrogen-bond donors (Lipinski definition) is 1. The molecule has 2 aromatic carbocycles. The summed E-state index contributed by atoms with van der Waals surface area (Å²) in [5, 5.41) is 11.6. The molecule has 1 N–H and O–H groups in total. The molecule has 2 heterocycles. The van der Waals surface area contributed by atoms with E-state index in [2.05, 4.69) is 4.98 Å². The average molecular weight is 482 g/mol. The fourth-order valence-corrected chi connectivity index (χ4v) is 4.21. The van der Waals surface area contributed by atoms with E-state index in [1.54, 1.807) is 55.0 Å². The third kappa shape index (κ3) is 4.49. The van der Waals surface area contributed by atoms with E-state index in [0.717, 1.165) is 0 Å². The van der Waals surface area contributed by atoms with Crippen molar-refractivity contribution in [2.75, 3.05) is 20.8 Å². The molecule has 1 saturated heterocycles. The van der Waals surface area contributed by atoms with Gasteiger partial charge in [0.15, 0.2) is 11.5 Å². The Balaban J connectivity index is 1.77. The zero-order chi connectivity index (χ0) is 24.2. The largest absolute Gasteiger partial charge is 0.507 e. The SMILES string of the molecule is COc1ccc([C@@H]2C(=C(O)c3ccc(Cl)cc3)C(=O)C(=O)N2CCCn2ccnc2)cc1OC. The number of rotatable bonds is 8. The number of nitrogens with zero attached hydrogens (tertiary/aromatic N) is 3. The number of aryl methyl sites for hydroxylation is 1. The number of aliphatic hydroxyl groups is 1. The predicted octanol–water partition coefficient (Wildman–Crippen LogP) is 4.07. The zero-order valence-corrected chi connectivity index (χ0v) is 19.5. The first-order valence-corrected chi connectivity index (χ1v) is 11.0. The highest BCUT2D eigenvalue weighted by atomic mass is 35.5. The van der Waals surface area contributed by atoms with Crippen LogP contribution in [-0.2, 0) is 16.1 Å². The van der Waals surface area contributed by atoms with Gasteiger partial charge in [-0.25, -0.2) is 4.98 Å². The van der Waals surface area contributed by atoms with Crippen LogP contribution in [0.4, 0.5) is 0 Å². The Morgan fingerprint density at radius 1 is 1.06 bits per heavy atom. The monoisotopic (exact) mass is 481 g/mol. The summed E-state index contributed by atoms with van der Waals surface area (Å²) < 4.78 is 12.7. The molecule has 1 atom stereocenters. The van der Waals surface area contributed by atoms with E-state index in [-0.39, 0.29) is 11.3 Å². The lowest BCUT2D eigenvalue weighted by atomic mass is 9.95. The smallest absolute Gasteiger partial charge is 0.295 e. The van der Waals surface area contributed by atoms with Crippen molar-refractivity contribution in [1.82, 2.24) is 14.5 Å². The lowest BCUT2D eigenvalue weighted by molar-refractivity contribution is -0.139. The van der Waals surface area contributed by atoms with E-state index in [0.29, 0.717) is 47.2 Å². The summed E-state index contributed by atoms with van der Waals surface area (Å²) in [6.45, 7) is 0.929. The van der Waals surface area contributed by atoms with Crippen molar-refractivity contribution in [3.63, 3.8) is 0 Å². The van der Waals surface area contributed by atoms with Gasteiger partial charge in [-0.2, -0.15) is 0 Å². The van der Waals surface area contributed by atoms with E-state index in [1.807, 2.05) is 10.8 Å². The van der Waals surface area contributed by atoms with Gasteiger partial charge < -0.3 is 24.0 Å². The summed E-state index contributed by atoms with van der Waals surface area (Å²) in [5.41, 5.74) is 1.03. The number of amides is 1. The van der Waals surface area contributed by atoms with Crippen LogP contribution in [0.25, 0.3) is 5.76 Å². The first-order chi connectivity index (χ1) is 16.4. The lowest BCUT2D eigenvalue weighted by Crippen LogP contribution is -2.31. The van der Waals surface area contributed by atoms with Crippen molar-refractivity contribution in [3.8, 4) is 11.5 Å². The van der Waals surface area contributed by atoms with Crippen LogP contribution in [0.5, 0.6) is 11.5 Å². The fraction of sp³-hybridized carbons (Fsp3) is 0.240. The molecule has 3 aromatic rings. The van der Waals surface area contributed by atoms with Gasteiger partial charge in [-0.1, -0.05) is 17.7 Å². The van der Waals surface area contributed by atoms with Crippen LogP contribution in [0.1, 0.15) is 23.6 Å². The molecule has 0 spiro atoms. The Bertz CT molecular complexity index is 1220. The van der Waals surface area contributed by atoms with Gasteiger partial charge >= 0.3 is 0 Å². The third-order valence-corrected chi connectivity index (χ3v) is 6.01. The maximum Gasteiger partial charge on any atom is 0.295 e. The molecule has 9 heteroatoms. The van der Waals surface area contributed by atoms with Crippen molar-refractivity contribution in [1.29, 1.82) is 0 Å². The molecule has 1 amide bonds. The Hall–Kier alpha value is -3.78. The van der Waals surface area contributed by atoms with Crippen molar-refractivity contribution in [3.05, 3.63) is 82.9 Å². The first kappa shape index (κ1) is 23.4. The minimum Gasteiger partial charge on any atom is -0.507 e. The van der Waals surface area contributed by atoms with E-state index in [4.69, 9.17) is 21.1 Å². The molecule has 1 aliphatic heterocycles. The predicted molar refractivity (Wildman–Crippen MR) is 127 cm³/mol. The minimum absolute atomic E-state index is 0.0159. The summed E-state index contributed by atoms with van der Waals surface area (Å²) in [6, 6.07) is 10.8. The highest BCUT2D eigenvalue weighted by Crippen LogP contribution is 2.42. The molecular weight excluding hydrogens is 458 g/mol. The summed E-state index contributed by atoms with van der Waals surface area (Å²) in [5.74, 6) is -0.695. The molecular formula is C25H24ClN3O5. The van der Waals surface area contributed by atoms with Crippen LogP contribution in [0.15, 0.2) is 66.8 Å². The first-order valence-electron chi connectivity index (χ1n) is 10.7. The molecule has 34 heavy (non-hydrogen) atoms. The van der Waals surface area contributed by atoms with Crippen LogP contribution < -0.4 is 9.47 Å². The van der Waals surface area contributed by atoms with Crippen molar-refractivity contribution in [2.45, 2.75) is 19.0 Å². The molecule has 1 aromatic heterocycles. The fourth-order valence-electron chi connectivity index (χ4n) is 4.09. The second kappa shape index (κ2) is 10.0. The number of hydrogen-bond acceptors (Lipinski definition) is 6. The lowest BCUT2D eigenvalue weighted by Gasteiger charge is -2.26. The zero-order valence-electron chi connectivity index (χ0n) is 18.8. The second-order valence-electron chi connectivity index (χ2n) is 7.77. The van der Waals surface area contributed by atoms with Gasteiger partial charge in [-0.05, 0) is 48.4 Å². The van der Waals surface area contributed by atoms with Gasteiger partial charge in [0.1, 0.15) is 5.76 Å². The Kier molecular flexibility index (Phi) is 6.88. The van der Waals surface area contributed by atoms with Gasteiger partial charge in [0.25, 0.3) is 11.7 Å². The number of ketones is 1. The van der Waals surface area contributed by atoms with E-state index in [9.17, 15) is 14.7 Å². The number of imidazole rings is 1. The van der Waals surface area contributed by atoms with Crippen LogP contribution in [0.3, 0.4) is 0 Å². The van der Waals surface area contributed by atoms with Crippen LogP contribution in [0, 0.1) is 0 Å². The topological polar surface area (TPSA) is 93.9 Å².